The minimum Gasteiger partial charge on any atom is -0.394 e. The number of hydrogen-bond donors (Lipinski definition) is 6. The fraction of sp³-hybridized carbons (Fsp3) is 0.603. The van der Waals surface area contributed by atoms with Gasteiger partial charge in [-0.2, -0.15) is 0 Å². The van der Waals surface area contributed by atoms with Crippen LogP contribution >= 0.6 is 0 Å². The number of aliphatic hydroxyl groups is 5. The van der Waals surface area contributed by atoms with Crippen LogP contribution in [-0.2, 0) is 14.3 Å². The van der Waals surface area contributed by atoms with Crippen LogP contribution in [0.15, 0.2) is 134 Å². The molecule has 1 saturated heterocycles. The molecule has 0 radical (unpaired) electrons. The van der Waals surface area contributed by atoms with Crippen LogP contribution in [0.5, 0.6) is 0 Å². The van der Waals surface area contributed by atoms with Gasteiger partial charge in [-0.05, 0) is 109 Å². The molecule has 1 fully saturated rings. The van der Waals surface area contributed by atoms with E-state index in [1.165, 1.54) is 44.9 Å². The molecule has 1 rings (SSSR count). The summed E-state index contributed by atoms with van der Waals surface area (Å²) in [7, 11) is 0. The molecule has 1 heterocycles. The predicted molar refractivity (Wildman–Crippen MR) is 280 cm³/mol. The zero-order valence-electron chi connectivity index (χ0n) is 41.6. The van der Waals surface area contributed by atoms with Gasteiger partial charge < -0.3 is 40.3 Å². The topological polar surface area (TPSA) is 149 Å². The fourth-order valence-electron chi connectivity index (χ4n) is 7.08. The minimum absolute atomic E-state index is 0.233. The Bertz CT molecular complexity index is 1500. The van der Waals surface area contributed by atoms with E-state index in [0.29, 0.717) is 12.8 Å². The second kappa shape index (κ2) is 46.1. The van der Waals surface area contributed by atoms with Crippen LogP contribution in [-0.4, -0.2) is 87.5 Å². The van der Waals surface area contributed by atoms with Gasteiger partial charge in [0.05, 0.1) is 25.4 Å². The third kappa shape index (κ3) is 36.0. The average molecular weight is 932 g/mol. The van der Waals surface area contributed by atoms with E-state index in [1.807, 2.05) is 6.08 Å². The number of allylic oxidation sites excluding steroid dienone is 21. The lowest BCUT2D eigenvalue weighted by atomic mass is 9.99. The van der Waals surface area contributed by atoms with E-state index in [9.17, 15) is 30.3 Å². The van der Waals surface area contributed by atoms with Gasteiger partial charge in [-0.1, -0.05) is 186 Å². The van der Waals surface area contributed by atoms with E-state index >= 15 is 0 Å². The summed E-state index contributed by atoms with van der Waals surface area (Å²) in [6.07, 6.45) is 63.5. The van der Waals surface area contributed by atoms with Crippen LogP contribution in [0.3, 0.4) is 0 Å². The van der Waals surface area contributed by atoms with Crippen molar-refractivity contribution in [2.75, 3.05) is 13.2 Å². The van der Waals surface area contributed by atoms with Crippen molar-refractivity contribution in [1.82, 2.24) is 5.32 Å². The van der Waals surface area contributed by atoms with E-state index in [-0.39, 0.29) is 18.9 Å². The van der Waals surface area contributed by atoms with Crippen molar-refractivity contribution < 1.29 is 39.8 Å². The predicted octanol–water partition coefficient (Wildman–Crippen LogP) is 12.2. The lowest BCUT2D eigenvalue weighted by Crippen LogP contribution is -2.60. The van der Waals surface area contributed by atoms with Gasteiger partial charge in [0.25, 0.3) is 0 Å². The zero-order chi connectivity index (χ0) is 48.7. The van der Waals surface area contributed by atoms with Gasteiger partial charge in [0.2, 0.25) is 5.91 Å². The van der Waals surface area contributed by atoms with Gasteiger partial charge in [-0.25, -0.2) is 0 Å². The monoisotopic (exact) mass is 932 g/mol. The number of rotatable bonds is 41. The highest BCUT2D eigenvalue weighted by molar-refractivity contribution is 5.76. The number of ether oxygens (including phenoxy) is 2. The highest BCUT2D eigenvalue weighted by Crippen LogP contribution is 2.22. The number of hydrogen-bond acceptors (Lipinski definition) is 8. The number of carbonyl (C=O) groups is 1. The third-order valence-electron chi connectivity index (χ3n) is 11.2. The van der Waals surface area contributed by atoms with Gasteiger partial charge in [0.1, 0.15) is 24.4 Å². The number of aliphatic hydroxyl groups excluding tert-OH is 5. The van der Waals surface area contributed by atoms with Gasteiger partial charge >= 0.3 is 0 Å². The first kappa shape index (κ1) is 61.3. The highest BCUT2D eigenvalue weighted by atomic mass is 16.7. The third-order valence-corrected chi connectivity index (χ3v) is 11.2. The van der Waals surface area contributed by atoms with Crippen LogP contribution in [0.1, 0.15) is 168 Å². The average Bonchev–Trinajstić information content (AvgIpc) is 3.33. The van der Waals surface area contributed by atoms with Crippen molar-refractivity contribution in [3.05, 3.63) is 134 Å². The van der Waals surface area contributed by atoms with E-state index in [2.05, 4.69) is 141 Å². The molecule has 7 atom stereocenters. The Morgan fingerprint density at radius 1 is 0.522 bits per heavy atom. The van der Waals surface area contributed by atoms with Gasteiger partial charge in [-0.3, -0.25) is 4.79 Å². The molecule has 0 spiro atoms. The molecule has 67 heavy (non-hydrogen) atoms. The van der Waals surface area contributed by atoms with Crippen molar-refractivity contribution in [3.63, 3.8) is 0 Å². The van der Waals surface area contributed by atoms with Crippen molar-refractivity contribution in [3.8, 4) is 0 Å². The molecule has 0 aliphatic carbocycles. The molecule has 1 aliphatic rings. The summed E-state index contributed by atoms with van der Waals surface area (Å²) >= 11 is 0. The first-order valence-electron chi connectivity index (χ1n) is 25.9. The molecular weight excluding hydrogens is 839 g/mol. The quantitative estimate of drug-likeness (QED) is 0.0262. The van der Waals surface area contributed by atoms with E-state index in [0.717, 1.165) is 89.9 Å². The summed E-state index contributed by atoms with van der Waals surface area (Å²) in [4.78, 5) is 13.0. The van der Waals surface area contributed by atoms with Crippen LogP contribution < -0.4 is 5.32 Å². The Kier molecular flexibility index (Phi) is 42.2. The first-order valence-corrected chi connectivity index (χ1v) is 25.9. The number of unbranched alkanes of at least 4 members (excludes halogenated alkanes) is 11. The highest BCUT2D eigenvalue weighted by Gasteiger charge is 2.44. The molecule has 9 nitrogen and oxygen atoms in total. The minimum atomic E-state index is -1.59. The molecule has 0 bridgehead atoms. The maximum atomic E-state index is 13.0. The molecule has 1 amide bonds. The first-order chi connectivity index (χ1) is 32.8. The largest absolute Gasteiger partial charge is 0.394 e. The normalized spacial score (nSPS) is 20.9. The molecular formula is C58H93NO8. The Balaban J connectivity index is 2.38. The maximum absolute atomic E-state index is 13.0. The van der Waals surface area contributed by atoms with Crippen molar-refractivity contribution in [2.24, 2.45) is 0 Å². The van der Waals surface area contributed by atoms with Crippen LogP contribution in [0.2, 0.25) is 0 Å². The molecule has 378 valence electrons. The lowest BCUT2D eigenvalue weighted by Gasteiger charge is -2.40. The molecule has 6 N–H and O–H groups in total. The molecule has 1 aliphatic heterocycles. The fourth-order valence-corrected chi connectivity index (χ4v) is 7.08. The lowest BCUT2D eigenvalue weighted by molar-refractivity contribution is -0.302. The molecule has 0 aromatic carbocycles. The Hall–Kier alpha value is -3.67. The second-order valence-electron chi connectivity index (χ2n) is 17.2. The standard InChI is InChI=1S/C58H93NO8/c1-3-5-7-9-11-13-15-17-19-21-22-23-24-25-26-27-28-29-30-32-34-36-38-40-42-44-46-48-54(62)59-51(50-66-58-57(65)56(64)55(63)53(49-60)67-58)52(61)47-45-43-41-39-37-35-33-31-20-18-16-14-12-10-8-6-4-2/h5,7,11,13,17,19-20,22-23,25-26,28-29,31-32,34,37-40,45,47,51-53,55-58,60-61,63-65H,3-4,6,8-10,12,14-16,18,21,24,27,30,33,35-36,41-44,46,48-50H2,1-2H3,(H,59,62)/b7-5-,13-11-,19-17-,23-22-,26-25-,29-28-,31-20+,34-32-,39-37+,40-38-,47-45+. The van der Waals surface area contributed by atoms with Crippen LogP contribution in [0.25, 0.3) is 0 Å². The van der Waals surface area contributed by atoms with Crippen molar-refractivity contribution in [1.29, 1.82) is 0 Å². The van der Waals surface area contributed by atoms with Crippen molar-refractivity contribution >= 4 is 5.91 Å². The van der Waals surface area contributed by atoms with Gasteiger partial charge in [0, 0.05) is 6.42 Å². The summed E-state index contributed by atoms with van der Waals surface area (Å²) in [5.74, 6) is -0.240. The molecule has 9 heteroatoms. The smallest absolute Gasteiger partial charge is 0.220 e. The summed E-state index contributed by atoms with van der Waals surface area (Å²) in [5, 5.41) is 54.3. The molecule has 7 unspecified atom stereocenters. The summed E-state index contributed by atoms with van der Waals surface area (Å²) in [5.41, 5.74) is 0. The Labute approximate surface area is 407 Å². The second-order valence-corrected chi connectivity index (χ2v) is 17.2. The zero-order valence-corrected chi connectivity index (χ0v) is 41.6. The number of amides is 1. The number of nitrogens with one attached hydrogen (secondary N) is 1. The van der Waals surface area contributed by atoms with Crippen LogP contribution in [0, 0.1) is 0 Å². The summed E-state index contributed by atoms with van der Waals surface area (Å²) in [6, 6.07) is -0.862. The van der Waals surface area contributed by atoms with Gasteiger partial charge in [-0.15, -0.1) is 0 Å². The summed E-state index contributed by atoms with van der Waals surface area (Å²) in [6.45, 7) is 3.58. The van der Waals surface area contributed by atoms with Crippen molar-refractivity contribution in [2.45, 2.75) is 211 Å². The molecule has 0 aromatic heterocycles. The Morgan fingerprint density at radius 3 is 1.43 bits per heavy atom. The summed E-state index contributed by atoms with van der Waals surface area (Å²) < 4.78 is 11.2. The van der Waals surface area contributed by atoms with Gasteiger partial charge in [0.15, 0.2) is 6.29 Å². The van der Waals surface area contributed by atoms with E-state index in [1.54, 1.807) is 6.08 Å². The van der Waals surface area contributed by atoms with E-state index < -0.39 is 49.5 Å². The molecule has 0 aromatic rings. The Morgan fingerprint density at radius 2 is 0.940 bits per heavy atom. The van der Waals surface area contributed by atoms with E-state index in [4.69, 9.17) is 9.47 Å². The van der Waals surface area contributed by atoms with Crippen LogP contribution in [0.4, 0.5) is 0 Å². The number of carbonyl (C=O) groups excluding carboxylic acids is 1. The molecule has 0 saturated carbocycles. The SMILES string of the molecule is CC/C=C\C/C=C\C/C=C\C/C=C\C/C=C\C/C=C\C/C=C\C/C=C\CCCCC(=O)NC(COC1OC(CO)C(O)C(O)C1O)C(O)/C=C/CC/C=C/CC/C=C/CCCCCCCCC. The maximum Gasteiger partial charge on any atom is 0.220 e.